The van der Waals surface area contributed by atoms with Crippen molar-refractivity contribution in [2.24, 2.45) is 5.16 Å². The Bertz CT molecular complexity index is 779. The van der Waals surface area contributed by atoms with Gasteiger partial charge in [-0.25, -0.2) is 9.37 Å². The molecule has 0 spiro atoms. The summed E-state index contributed by atoms with van der Waals surface area (Å²) in [5.41, 5.74) is 1.84. The van der Waals surface area contributed by atoms with Crippen LogP contribution >= 0.6 is 0 Å². The topological polar surface area (TPSA) is 58.0 Å². The van der Waals surface area contributed by atoms with Crippen LogP contribution in [0.1, 0.15) is 36.6 Å². The van der Waals surface area contributed by atoms with Crippen molar-refractivity contribution in [2.45, 2.75) is 39.3 Å². The Morgan fingerprint density at radius 1 is 1.36 bits per heavy atom. The predicted octanol–water partition coefficient (Wildman–Crippen LogP) is 3.73. The zero-order chi connectivity index (χ0) is 17.8. The van der Waals surface area contributed by atoms with Gasteiger partial charge in [-0.05, 0) is 44.9 Å². The van der Waals surface area contributed by atoms with Crippen LogP contribution < -0.4 is 4.74 Å². The van der Waals surface area contributed by atoms with Crippen LogP contribution in [0.3, 0.4) is 0 Å². The fourth-order valence-corrected chi connectivity index (χ4v) is 3.09. The number of pyridine rings is 1. The summed E-state index contributed by atoms with van der Waals surface area (Å²) in [7, 11) is 0. The highest BCUT2D eigenvalue weighted by molar-refractivity contribution is 6.00. The lowest BCUT2D eigenvalue weighted by molar-refractivity contribution is 0.281. The van der Waals surface area contributed by atoms with Crippen LogP contribution in [0, 0.1) is 12.7 Å². The number of halogens is 1. The molecule has 1 saturated heterocycles. The van der Waals surface area contributed by atoms with Crippen molar-refractivity contribution >= 4 is 5.84 Å². The average Bonchev–Trinajstić information content (AvgIpc) is 3.02. The lowest BCUT2D eigenvalue weighted by atomic mass is 10.2. The van der Waals surface area contributed by atoms with Gasteiger partial charge in [0, 0.05) is 23.8 Å². The molecule has 0 aliphatic carbocycles. The molecule has 5 nitrogen and oxygen atoms in total. The highest BCUT2D eigenvalue weighted by Crippen LogP contribution is 2.25. The maximum absolute atomic E-state index is 13.8. The lowest BCUT2D eigenvalue weighted by Crippen LogP contribution is -2.34. The quantitative estimate of drug-likeness (QED) is 0.398. The van der Waals surface area contributed by atoms with Crippen molar-refractivity contribution in [2.75, 3.05) is 6.54 Å². The number of rotatable bonds is 4. The largest absolute Gasteiger partial charge is 0.472 e. The molecule has 1 unspecified atom stereocenters. The second-order valence-electron chi connectivity index (χ2n) is 6.29. The van der Waals surface area contributed by atoms with E-state index in [0.29, 0.717) is 22.8 Å². The zero-order valence-corrected chi connectivity index (χ0v) is 14.4. The van der Waals surface area contributed by atoms with Gasteiger partial charge in [-0.15, -0.1) is 0 Å². The van der Waals surface area contributed by atoms with Gasteiger partial charge in [-0.3, -0.25) is 0 Å². The Morgan fingerprint density at radius 2 is 2.16 bits per heavy atom. The molecule has 1 aromatic heterocycles. The van der Waals surface area contributed by atoms with E-state index in [4.69, 9.17) is 4.74 Å². The number of oxime groups is 1. The first kappa shape index (κ1) is 17.2. The van der Waals surface area contributed by atoms with Crippen molar-refractivity contribution in [3.05, 3.63) is 59.0 Å². The van der Waals surface area contributed by atoms with Gasteiger partial charge in [0.25, 0.3) is 0 Å². The summed E-state index contributed by atoms with van der Waals surface area (Å²) in [4.78, 5) is 6.46. The first-order chi connectivity index (χ1) is 12.1. The molecule has 1 aromatic carbocycles. The third-order valence-corrected chi connectivity index (χ3v) is 4.48. The van der Waals surface area contributed by atoms with Crippen molar-refractivity contribution in [1.82, 2.24) is 9.88 Å². The van der Waals surface area contributed by atoms with Crippen LogP contribution in [0.4, 0.5) is 4.39 Å². The van der Waals surface area contributed by atoms with E-state index in [1.807, 2.05) is 24.0 Å². The molecule has 1 N–H and O–H groups in total. The van der Waals surface area contributed by atoms with E-state index < -0.39 is 0 Å². The van der Waals surface area contributed by atoms with E-state index >= 15 is 0 Å². The molecular formula is C19H22FN3O2. The summed E-state index contributed by atoms with van der Waals surface area (Å²) in [5.74, 6) is 0.470. The Labute approximate surface area is 146 Å². The van der Waals surface area contributed by atoms with Crippen LogP contribution in [0.5, 0.6) is 5.88 Å². The van der Waals surface area contributed by atoms with E-state index in [2.05, 4.69) is 17.1 Å². The van der Waals surface area contributed by atoms with Gasteiger partial charge < -0.3 is 14.8 Å². The number of aromatic nitrogens is 1. The highest BCUT2D eigenvalue weighted by atomic mass is 19.1. The summed E-state index contributed by atoms with van der Waals surface area (Å²) in [6.07, 6.45) is 2.09. The number of likely N-dealkylation sites (tertiary alicyclic amines) is 1. The van der Waals surface area contributed by atoms with Crippen molar-refractivity contribution in [1.29, 1.82) is 0 Å². The Morgan fingerprint density at radius 3 is 2.84 bits per heavy atom. The normalized spacial score (nSPS) is 17.8. The van der Waals surface area contributed by atoms with Crippen LogP contribution in [-0.4, -0.2) is 33.5 Å². The number of hydrogen-bond donors (Lipinski definition) is 1. The van der Waals surface area contributed by atoms with Gasteiger partial charge >= 0.3 is 0 Å². The lowest BCUT2D eigenvalue weighted by Gasteiger charge is -2.25. The number of ether oxygens (including phenoxy) is 1. The summed E-state index contributed by atoms with van der Waals surface area (Å²) in [6.45, 7) is 4.83. The number of aryl methyl sites for hydroxylation is 1. The summed E-state index contributed by atoms with van der Waals surface area (Å²) in [6, 6.07) is 10.4. The molecule has 1 fully saturated rings. The number of hydrogen-bond acceptors (Lipinski definition) is 4. The first-order valence-electron chi connectivity index (χ1n) is 8.43. The molecule has 0 radical (unpaired) electrons. The van der Waals surface area contributed by atoms with Crippen LogP contribution in [0.15, 0.2) is 41.6 Å². The maximum atomic E-state index is 13.8. The maximum Gasteiger partial charge on any atom is 0.225 e. The minimum atomic E-state index is -0.319. The third-order valence-electron chi connectivity index (χ3n) is 4.48. The predicted molar refractivity (Wildman–Crippen MR) is 93.4 cm³/mol. The van der Waals surface area contributed by atoms with E-state index in [1.54, 1.807) is 18.2 Å². The molecule has 1 aliphatic heterocycles. The van der Waals surface area contributed by atoms with Gasteiger partial charge in [0.05, 0.1) is 5.56 Å². The van der Waals surface area contributed by atoms with Gasteiger partial charge in [0.2, 0.25) is 5.88 Å². The monoisotopic (exact) mass is 343 g/mol. The number of amidine groups is 1. The second kappa shape index (κ2) is 7.51. The van der Waals surface area contributed by atoms with Crippen molar-refractivity contribution < 1.29 is 14.3 Å². The van der Waals surface area contributed by atoms with E-state index in [1.165, 1.54) is 6.07 Å². The molecular weight excluding hydrogens is 321 g/mol. The van der Waals surface area contributed by atoms with Crippen LogP contribution in [0.25, 0.3) is 0 Å². The fraction of sp³-hybridized carbons (Fsp3) is 0.368. The molecule has 0 amide bonds. The smallest absolute Gasteiger partial charge is 0.225 e. The second-order valence-corrected chi connectivity index (χ2v) is 6.29. The Hall–Kier alpha value is -2.63. The molecule has 3 rings (SSSR count). The minimum Gasteiger partial charge on any atom is -0.472 e. The fourth-order valence-electron chi connectivity index (χ4n) is 3.09. The molecule has 1 atom stereocenters. The van der Waals surface area contributed by atoms with Gasteiger partial charge in [-0.2, -0.15) is 0 Å². The molecule has 1 aliphatic rings. The number of benzene rings is 1. The minimum absolute atomic E-state index is 0.0599. The molecule has 25 heavy (non-hydrogen) atoms. The van der Waals surface area contributed by atoms with Crippen LogP contribution in [0.2, 0.25) is 0 Å². The number of nitrogens with zero attached hydrogens (tertiary/aromatic N) is 3. The molecule has 6 heteroatoms. The molecule has 132 valence electrons. The molecule has 2 aromatic rings. The highest BCUT2D eigenvalue weighted by Gasteiger charge is 2.27. The SMILES string of the molecule is Cc1ccc(/C(=N/O)N2CCCC2C)c(OCc2ccccc2F)n1. The molecule has 2 heterocycles. The Balaban J connectivity index is 1.88. The summed E-state index contributed by atoms with van der Waals surface area (Å²) in [5, 5.41) is 13.1. The van der Waals surface area contributed by atoms with Crippen molar-refractivity contribution in [3.8, 4) is 5.88 Å². The van der Waals surface area contributed by atoms with Crippen molar-refractivity contribution in [3.63, 3.8) is 0 Å². The first-order valence-corrected chi connectivity index (χ1v) is 8.43. The molecule has 0 saturated carbocycles. The van der Waals surface area contributed by atoms with E-state index in [0.717, 1.165) is 25.1 Å². The average molecular weight is 343 g/mol. The van der Waals surface area contributed by atoms with Gasteiger partial charge in [-0.1, -0.05) is 23.4 Å². The standard InChI is InChI=1S/C19H22FN3O2/c1-13-9-10-16(18(22-24)23-11-5-6-14(23)2)19(21-13)25-12-15-7-3-4-8-17(15)20/h3-4,7-10,14,24H,5-6,11-12H2,1-2H3/b22-18-. The van der Waals surface area contributed by atoms with E-state index in [9.17, 15) is 9.60 Å². The Kier molecular flexibility index (Phi) is 5.16. The summed E-state index contributed by atoms with van der Waals surface area (Å²) >= 11 is 0. The molecule has 0 bridgehead atoms. The third kappa shape index (κ3) is 3.73. The zero-order valence-electron chi connectivity index (χ0n) is 14.4. The summed E-state index contributed by atoms with van der Waals surface area (Å²) < 4.78 is 19.6. The van der Waals surface area contributed by atoms with Gasteiger partial charge in [0.1, 0.15) is 12.4 Å². The van der Waals surface area contributed by atoms with Crippen LogP contribution in [-0.2, 0) is 6.61 Å². The van der Waals surface area contributed by atoms with E-state index in [-0.39, 0.29) is 18.5 Å². The van der Waals surface area contributed by atoms with Gasteiger partial charge in [0.15, 0.2) is 5.84 Å².